The largest absolute Gasteiger partial charge is 0.354 e. The number of likely N-dealkylation sites (N-methyl/N-ethyl adjacent to an activating group) is 2. The molecule has 0 amide bonds. The van der Waals surface area contributed by atoms with Crippen LogP contribution in [0.15, 0.2) is 48.7 Å². The molecule has 0 fully saturated rings. The molecule has 0 spiro atoms. The fourth-order valence-electron chi connectivity index (χ4n) is 5.24. The molecule has 5 rings (SSSR count). The van der Waals surface area contributed by atoms with Crippen molar-refractivity contribution >= 4 is 34.5 Å². The van der Waals surface area contributed by atoms with E-state index in [1.165, 1.54) is 22.3 Å². The van der Waals surface area contributed by atoms with Gasteiger partial charge in [-0.1, -0.05) is 37.6 Å². The van der Waals surface area contributed by atoms with Crippen LogP contribution in [0.5, 0.6) is 0 Å². The van der Waals surface area contributed by atoms with Crippen molar-refractivity contribution in [1.82, 2.24) is 14.8 Å². The van der Waals surface area contributed by atoms with Gasteiger partial charge in [-0.05, 0) is 85.3 Å². The molecule has 1 aromatic heterocycles. The van der Waals surface area contributed by atoms with Gasteiger partial charge in [-0.15, -0.1) is 0 Å². The fraction of sp³-hybridized carbons (Fsp3) is 0.414. The highest BCUT2D eigenvalue weighted by Crippen LogP contribution is 2.30. The van der Waals surface area contributed by atoms with Gasteiger partial charge in [-0.3, -0.25) is 0 Å². The normalized spacial score (nSPS) is 16.7. The van der Waals surface area contributed by atoms with E-state index in [2.05, 4.69) is 75.7 Å². The van der Waals surface area contributed by atoms with Crippen LogP contribution in [0.25, 0.3) is 0 Å². The molecule has 35 heavy (non-hydrogen) atoms. The van der Waals surface area contributed by atoms with Crippen molar-refractivity contribution in [2.24, 2.45) is 0 Å². The van der Waals surface area contributed by atoms with Crippen LogP contribution in [0.3, 0.4) is 0 Å². The van der Waals surface area contributed by atoms with Crippen LogP contribution in [0.2, 0.25) is 5.02 Å². The standard InChI is InChI=1S/C29H36ClN5/c1-3-34-13-9-21-5-7-25(17-23(21)11-15-34)32-28-19-29(31-20-27(28)30)33-26-8-6-22-10-14-35(4-2)16-12-24(22)18-26/h5-8,17-20H,3-4,9-16H2,1-2H3,(H2,31,32,33). The van der Waals surface area contributed by atoms with E-state index in [9.17, 15) is 0 Å². The lowest BCUT2D eigenvalue weighted by molar-refractivity contribution is 0.303. The van der Waals surface area contributed by atoms with Crippen LogP contribution >= 0.6 is 11.6 Å². The summed E-state index contributed by atoms with van der Waals surface area (Å²) in [5.74, 6) is 0.786. The van der Waals surface area contributed by atoms with E-state index >= 15 is 0 Å². The molecule has 3 heterocycles. The number of pyridine rings is 1. The van der Waals surface area contributed by atoms with Gasteiger partial charge in [0.1, 0.15) is 5.82 Å². The first-order valence-corrected chi connectivity index (χ1v) is 13.4. The van der Waals surface area contributed by atoms with Crippen LogP contribution < -0.4 is 10.6 Å². The molecule has 0 atom stereocenters. The SMILES string of the molecule is CCN1CCc2ccc(Nc3cc(Nc4ccc5c(c4)CCN(CC)CC5)c(Cl)cn3)cc2CC1. The van der Waals surface area contributed by atoms with Crippen molar-refractivity contribution in [2.45, 2.75) is 39.5 Å². The Kier molecular flexibility index (Phi) is 7.57. The number of fused-ring (bicyclic) bond motifs is 2. The second-order valence-electron chi connectivity index (χ2n) is 9.63. The van der Waals surface area contributed by atoms with Crippen LogP contribution in [-0.2, 0) is 25.7 Å². The molecule has 2 aliphatic heterocycles. The van der Waals surface area contributed by atoms with Gasteiger partial charge in [0.15, 0.2) is 0 Å². The Morgan fingerprint density at radius 1 is 0.714 bits per heavy atom. The Morgan fingerprint density at radius 2 is 1.23 bits per heavy atom. The summed E-state index contributed by atoms with van der Waals surface area (Å²) in [4.78, 5) is 9.58. The number of hydrogen-bond acceptors (Lipinski definition) is 5. The highest BCUT2D eigenvalue weighted by Gasteiger charge is 2.15. The Hall–Kier alpha value is -2.60. The number of anilines is 4. The molecular formula is C29H36ClN5. The maximum Gasteiger partial charge on any atom is 0.132 e. The zero-order valence-corrected chi connectivity index (χ0v) is 21.7. The van der Waals surface area contributed by atoms with Gasteiger partial charge < -0.3 is 20.4 Å². The average Bonchev–Trinajstić information content (AvgIpc) is 3.21. The average molecular weight is 490 g/mol. The number of benzene rings is 2. The topological polar surface area (TPSA) is 43.4 Å². The van der Waals surface area contributed by atoms with Crippen LogP contribution in [0.4, 0.5) is 22.9 Å². The first-order chi connectivity index (χ1) is 17.1. The minimum atomic E-state index is 0.615. The van der Waals surface area contributed by atoms with Gasteiger partial charge in [0.2, 0.25) is 0 Å². The summed E-state index contributed by atoms with van der Waals surface area (Å²) in [7, 11) is 0. The van der Waals surface area contributed by atoms with Gasteiger partial charge in [0.05, 0.1) is 16.9 Å². The molecule has 184 valence electrons. The van der Waals surface area contributed by atoms with Crippen LogP contribution in [-0.4, -0.2) is 54.1 Å². The molecule has 0 aliphatic carbocycles. The van der Waals surface area contributed by atoms with Crippen LogP contribution in [0, 0.1) is 0 Å². The molecule has 2 aliphatic rings. The first kappa shape index (κ1) is 24.1. The smallest absolute Gasteiger partial charge is 0.132 e. The maximum absolute atomic E-state index is 6.53. The molecule has 0 unspecified atom stereocenters. The van der Waals surface area contributed by atoms with E-state index < -0.39 is 0 Å². The molecule has 2 N–H and O–H groups in total. The zero-order valence-electron chi connectivity index (χ0n) is 20.9. The van der Waals surface area contributed by atoms with Crippen molar-refractivity contribution in [2.75, 3.05) is 49.9 Å². The lowest BCUT2D eigenvalue weighted by atomic mass is 10.0. The Morgan fingerprint density at radius 3 is 1.77 bits per heavy atom. The molecule has 5 nitrogen and oxygen atoms in total. The highest BCUT2D eigenvalue weighted by molar-refractivity contribution is 6.33. The quantitative estimate of drug-likeness (QED) is 0.440. The number of halogens is 1. The highest BCUT2D eigenvalue weighted by atomic mass is 35.5. The molecular weight excluding hydrogens is 454 g/mol. The minimum absolute atomic E-state index is 0.615. The Bertz CT molecular complexity index is 1180. The molecule has 2 aromatic carbocycles. The van der Waals surface area contributed by atoms with E-state index in [1.807, 2.05) is 6.07 Å². The molecule has 0 saturated carbocycles. The molecule has 0 radical (unpaired) electrons. The van der Waals surface area contributed by atoms with Gasteiger partial charge in [0, 0.05) is 43.6 Å². The molecule has 3 aromatic rings. The summed E-state index contributed by atoms with van der Waals surface area (Å²) in [6, 6.07) is 15.4. The summed E-state index contributed by atoms with van der Waals surface area (Å²) in [6.45, 7) is 11.2. The summed E-state index contributed by atoms with van der Waals surface area (Å²) >= 11 is 6.53. The predicted molar refractivity (Wildman–Crippen MR) is 148 cm³/mol. The number of nitrogens with one attached hydrogen (secondary N) is 2. The van der Waals surface area contributed by atoms with Crippen LogP contribution in [0.1, 0.15) is 36.1 Å². The third-order valence-electron chi connectivity index (χ3n) is 7.50. The van der Waals surface area contributed by atoms with Crippen molar-refractivity contribution < 1.29 is 0 Å². The van der Waals surface area contributed by atoms with E-state index in [0.29, 0.717) is 5.02 Å². The summed E-state index contributed by atoms with van der Waals surface area (Å²) in [6.07, 6.45) is 6.13. The number of rotatable bonds is 6. The Labute approximate surface area is 214 Å². The lowest BCUT2D eigenvalue weighted by Gasteiger charge is -2.16. The first-order valence-electron chi connectivity index (χ1n) is 13.0. The van der Waals surface area contributed by atoms with Gasteiger partial charge in [-0.2, -0.15) is 0 Å². The van der Waals surface area contributed by atoms with E-state index in [1.54, 1.807) is 6.20 Å². The molecule has 6 heteroatoms. The van der Waals surface area contributed by atoms with Gasteiger partial charge in [0.25, 0.3) is 0 Å². The number of hydrogen-bond donors (Lipinski definition) is 2. The minimum Gasteiger partial charge on any atom is -0.354 e. The van der Waals surface area contributed by atoms with E-state index in [0.717, 1.165) is 87.8 Å². The van der Waals surface area contributed by atoms with Crippen molar-refractivity contribution in [3.05, 3.63) is 75.9 Å². The van der Waals surface area contributed by atoms with Crippen molar-refractivity contribution in [1.29, 1.82) is 0 Å². The predicted octanol–water partition coefficient (Wildman–Crippen LogP) is 6.06. The Balaban J connectivity index is 1.31. The van der Waals surface area contributed by atoms with Crippen molar-refractivity contribution in [3.63, 3.8) is 0 Å². The van der Waals surface area contributed by atoms with E-state index in [-0.39, 0.29) is 0 Å². The fourth-order valence-corrected chi connectivity index (χ4v) is 5.39. The number of nitrogens with zero attached hydrogens (tertiary/aromatic N) is 3. The summed E-state index contributed by atoms with van der Waals surface area (Å²) < 4.78 is 0. The number of aromatic nitrogens is 1. The second-order valence-corrected chi connectivity index (χ2v) is 10.0. The maximum atomic E-state index is 6.53. The summed E-state index contributed by atoms with van der Waals surface area (Å²) in [5, 5.41) is 7.64. The molecule has 0 saturated heterocycles. The third-order valence-corrected chi connectivity index (χ3v) is 7.80. The van der Waals surface area contributed by atoms with Crippen molar-refractivity contribution in [3.8, 4) is 0 Å². The monoisotopic (exact) mass is 489 g/mol. The third kappa shape index (κ3) is 5.80. The van der Waals surface area contributed by atoms with E-state index in [4.69, 9.17) is 11.6 Å². The molecule has 0 bridgehead atoms. The zero-order chi connectivity index (χ0) is 24.2. The second kappa shape index (κ2) is 11.0. The summed E-state index contributed by atoms with van der Waals surface area (Å²) in [5.41, 5.74) is 8.79. The van der Waals surface area contributed by atoms with Gasteiger partial charge >= 0.3 is 0 Å². The lowest BCUT2D eigenvalue weighted by Crippen LogP contribution is -2.25. The van der Waals surface area contributed by atoms with Gasteiger partial charge in [-0.25, -0.2) is 4.98 Å².